The summed E-state index contributed by atoms with van der Waals surface area (Å²) in [5.74, 6) is 0.993. The van der Waals surface area contributed by atoms with E-state index in [-0.39, 0.29) is 0 Å². The molecule has 94 valence electrons. The van der Waals surface area contributed by atoms with Gasteiger partial charge in [0.2, 0.25) is 0 Å². The zero-order valence-electron chi connectivity index (χ0n) is 11.2. The minimum atomic E-state index is 0.733. The van der Waals surface area contributed by atoms with Gasteiger partial charge in [0.25, 0.3) is 0 Å². The zero-order chi connectivity index (χ0) is 12.3. The molecule has 1 aliphatic carbocycles. The van der Waals surface area contributed by atoms with Gasteiger partial charge in [0, 0.05) is 12.6 Å². The van der Waals surface area contributed by atoms with Crippen molar-refractivity contribution < 1.29 is 4.74 Å². The van der Waals surface area contributed by atoms with Crippen LogP contribution >= 0.6 is 0 Å². The Morgan fingerprint density at radius 2 is 1.88 bits per heavy atom. The average Bonchev–Trinajstić information content (AvgIpc) is 2.82. The summed E-state index contributed by atoms with van der Waals surface area (Å²) in [5, 5.41) is 3.66. The van der Waals surface area contributed by atoms with E-state index in [2.05, 4.69) is 31.3 Å². The van der Waals surface area contributed by atoms with Crippen molar-refractivity contribution in [2.75, 3.05) is 7.11 Å². The summed E-state index contributed by atoms with van der Waals surface area (Å²) in [5.41, 5.74) is 3.94. The topological polar surface area (TPSA) is 21.3 Å². The molecule has 0 aliphatic heterocycles. The molecule has 17 heavy (non-hydrogen) atoms. The SMILES string of the molecule is COc1cc(C)c(CNC2CCCC2)cc1C. The third-order valence-electron chi connectivity index (χ3n) is 3.79. The van der Waals surface area contributed by atoms with Crippen molar-refractivity contribution in [3.05, 3.63) is 28.8 Å². The van der Waals surface area contributed by atoms with Crippen molar-refractivity contribution in [2.24, 2.45) is 0 Å². The summed E-state index contributed by atoms with van der Waals surface area (Å²) in [7, 11) is 1.73. The maximum absolute atomic E-state index is 5.34. The second-order valence-electron chi connectivity index (χ2n) is 5.11. The molecule has 0 bridgehead atoms. The minimum Gasteiger partial charge on any atom is -0.496 e. The summed E-state index contributed by atoms with van der Waals surface area (Å²) in [6.45, 7) is 5.26. The number of nitrogens with one attached hydrogen (secondary N) is 1. The first-order valence-electron chi connectivity index (χ1n) is 6.58. The van der Waals surface area contributed by atoms with Crippen molar-refractivity contribution in [3.8, 4) is 5.75 Å². The number of hydrogen-bond donors (Lipinski definition) is 1. The molecule has 0 unspecified atom stereocenters. The molecule has 1 fully saturated rings. The number of benzene rings is 1. The summed E-state index contributed by atoms with van der Waals surface area (Å²) < 4.78 is 5.34. The van der Waals surface area contributed by atoms with Crippen LogP contribution in [0.2, 0.25) is 0 Å². The van der Waals surface area contributed by atoms with Crippen LogP contribution in [-0.2, 0) is 6.54 Å². The molecule has 2 nitrogen and oxygen atoms in total. The fraction of sp³-hybridized carbons (Fsp3) is 0.600. The first-order valence-corrected chi connectivity index (χ1v) is 6.58. The molecule has 0 spiro atoms. The Hall–Kier alpha value is -1.02. The number of methoxy groups -OCH3 is 1. The van der Waals surface area contributed by atoms with Gasteiger partial charge in [0.15, 0.2) is 0 Å². The van der Waals surface area contributed by atoms with Gasteiger partial charge in [-0.1, -0.05) is 18.9 Å². The quantitative estimate of drug-likeness (QED) is 0.861. The first-order chi connectivity index (χ1) is 8.20. The van der Waals surface area contributed by atoms with Crippen molar-refractivity contribution >= 4 is 0 Å². The van der Waals surface area contributed by atoms with Crippen LogP contribution in [0.25, 0.3) is 0 Å². The molecule has 1 saturated carbocycles. The summed E-state index contributed by atoms with van der Waals surface area (Å²) in [6, 6.07) is 5.12. The van der Waals surface area contributed by atoms with Crippen LogP contribution < -0.4 is 10.1 Å². The molecule has 1 N–H and O–H groups in total. The fourth-order valence-corrected chi connectivity index (χ4v) is 2.64. The van der Waals surface area contributed by atoms with Crippen molar-refractivity contribution in [2.45, 2.75) is 52.1 Å². The molecule has 0 saturated heterocycles. The van der Waals surface area contributed by atoms with Gasteiger partial charge in [0.1, 0.15) is 5.75 Å². The van der Waals surface area contributed by atoms with Crippen molar-refractivity contribution in [1.82, 2.24) is 5.32 Å². The van der Waals surface area contributed by atoms with E-state index in [0.29, 0.717) is 0 Å². The fourth-order valence-electron chi connectivity index (χ4n) is 2.64. The smallest absolute Gasteiger partial charge is 0.122 e. The highest BCUT2D eigenvalue weighted by Gasteiger charge is 2.14. The molecule has 0 radical (unpaired) electrons. The number of aryl methyl sites for hydroxylation is 2. The predicted molar refractivity (Wildman–Crippen MR) is 71.6 cm³/mol. The average molecular weight is 233 g/mol. The van der Waals surface area contributed by atoms with Crippen LogP contribution in [0.3, 0.4) is 0 Å². The highest BCUT2D eigenvalue weighted by molar-refractivity contribution is 5.41. The molecule has 1 aromatic carbocycles. The van der Waals surface area contributed by atoms with E-state index in [1.165, 1.54) is 42.4 Å². The van der Waals surface area contributed by atoms with Crippen LogP contribution in [-0.4, -0.2) is 13.2 Å². The molecule has 0 atom stereocenters. The molecule has 1 aromatic rings. The monoisotopic (exact) mass is 233 g/mol. The molecule has 2 heteroatoms. The Bertz CT molecular complexity index is 381. The van der Waals surface area contributed by atoms with Gasteiger partial charge in [-0.25, -0.2) is 0 Å². The van der Waals surface area contributed by atoms with Gasteiger partial charge in [-0.05, 0) is 49.4 Å². The lowest BCUT2D eigenvalue weighted by molar-refractivity contribution is 0.411. The van der Waals surface area contributed by atoms with Gasteiger partial charge >= 0.3 is 0 Å². The Kier molecular flexibility index (Phi) is 4.06. The van der Waals surface area contributed by atoms with E-state index in [9.17, 15) is 0 Å². The summed E-state index contributed by atoms with van der Waals surface area (Å²) >= 11 is 0. The van der Waals surface area contributed by atoms with Crippen LogP contribution in [0.4, 0.5) is 0 Å². The lowest BCUT2D eigenvalue weighted by Gasteiger charge is -2.15. The second kappa shape index (κ2) is 5.54. The Morgan fingerprint density at radius 3 is 2.53 bits per heavy atom. The van der Waals surface area contributed by atoms with Gasteiger partial charge in [-0.2, -0.15) is 0 Å². The van der Waals surface area contributed by atoms with Crippen LogP contribution in [0.1, 0.15) is 42.4 Å². The third kappa shape index (κ3) is 3.01. The maximum Gasteiger partial charge on any atom is 0.122 e. The third-order valence-corrected chi connectivity index (χ3v) is 3.79. The van der Waals surface area contributed by atoms with Crippen molar-refractivity contribution in [1.29, 1.82) is 0 Å². The normalized spacial score (nSPS) is 16.4. The summed E-state index contributed by atoms with van der Waals surface area (Å²) in [4.78, 5) is 0. The van der Waals surface area contributed by atoms with Gasteiger partial charge in [0.05, 0.1) is 7.11 Å². The van der Waals surface area contributed by atoms with Gasteiger partial charge < -0.3 is 10.1 Å². The maximum atomic E-state index is 5.34. The molecule has 2 rings (SSSR count). The largest absolute Gasteiger partial charge is 0.496 e. The molecular formula is C15H23NO. The molecule has 0 aromatic heterocycles. The van der Waals surface area contributed by atoms with E-state index < -0.39 is 0 Å². The zero-order valence-corrected chi connectivity index (χ0v) is 11.2. The van der Waals surface area contributed by atoms with Crippen molar-refractivity contribution in [3.63, 3.8) is 0 Å². The van der Waals surface area contributed by atoms with E-state index in [1.54, 1.807) is 7.11 Å². The predicted octanol–water partition coefficient (Wildman–Crippen LogP) is 3.34. The standard InChI is InChI=1S/C15H23NO/c1-11-9-15(17-3)12(2)8-13(11)10-16-14-6-4-5-7-14/h8-9,14,16H,4-7,10H2,1-3H3. The lowest BCUT2D eigenvalue weighted by Crippen LogP contribution is -2.25. The number of ether oxygens (including phenoxy) is 1. The highest BCUT2D eigenvalue weighted by atomic mass is 16.5. The summed E-state index contributed by atoms with van der Waals surface area (Å²) in [6.07, 6.45) is 5.46. The Morgan fingerprint density at radius 1 is 1.18 bits per heavy atom. The molecule has 0 amide bonds. The number of hydrogen-bond acceptors (Lipinski definition) is 2. The highest BCUT2D eigenvalue weighted by Crippen LogP contribution is 2.23. The van der Waals surface area contributed by atoms with E-state index in [1.807, 2.05) is 0 Å². The van der Waals surface area contributed by atoms with Gasteiger partial charge in [-0.15, -0.1) is 0 Å². The van der Waals surface area contributed by atoms with E-state index in [0.717, 1.165) is 18.3 Å². The second-order valence-corrected chi connectivity index (χ2v) is 5.11. The Labute approximate surface area is 104 Å². The molecule has 1 aliphatic rings. The first kappa shape index (κ1) is 12.4. The van der Waals surface area contributed by atoms with Crippen LogP contribution in [0.15, 0.2) is 12.1 Å². The molecular weight excluding hydrogens is 210 g/mol. The van der Waals surface area contributed by atoms with E-state index in [4.69, 9.17) is 4.74 Å². The van der Waals surface area contributed by atoms with Crippen LogP contribution in [0, 0.1) is 13.8 Å². The van der Waals surface area contributed by atoms with Gasteiger partial charge in [-0.3, -0.25) is 0 Å². The van der Waals surface area contributed by atoms with Crippen LogP contribution in [0.5, 0.6) is 5.75 Å². The molecule has 0 heterocycles. The Balaban J connectivity index is 2.02. The van der Waals surface area contributed by atoms with E-state index >= 15 is 0 Å². The number of rotatable bonds is 4. The lowest BCUT2D eigenvalue weighted by atomic mass is 10.0. The minimum absolute atomic E-state index is 0.733.